The average molecular weight is 181 g/mol. The molecule has 1 aliphatic heterocycles. The lowest BCUT2D eigenvalue weighted by Gasteiger charge is -2.16. The van der Waals surface area contributed by atoms with Crippen molar-refractivity contribution in [2.24, 2.45) is 0 Å². The fourth-order valence-electron chi connectivity index (χ4n) is 1.61. The van der Waals surface area contributed by atoms with Crippen LogP contribution >= 0.6 is 0 Å². The second-order valence-corrected chi connectivity index (χ2v) is 3.48. The molecule has 2 rings (SSSR count). The summed E-state index contributed by atoms with van der Waals surface area (Å²) in [5.41, 5.74) is 1.20. The second-order valence-electron chi connectivity index (χ2n) is 3.48. The van der Waals surface area contributed by atoms with Gasteiger partial charge < -0.3 is 10.1 Å². The van der Waals surface area contributed by atoms with Crippen molar-refractivity contribution in [2.45, 2.75) is 25.4 Å². The van der Waals surface area contributed by atoms with Gasteiger partial charge in [0.2, 0.25) is 0 Å². The van der Waals surface area contributed by atoms with Crippen LogP contribution in [0.5, 0.6) is 0 Å². The van der Waals surface area contributed by atoms with Gasteiger partial charge in [-0.2, -0.15) is 5.10 Å². The lowest BCUT2D eigenvalue weighted by atomic mass is 10.1. The molecule has 0 radical (unpaired) electrons. The van der Waals surface area contributed by atoms with Gasteiger partial charge in [0.05, 0.1) is 12.8 Å². The number of aromatic nitrogens is 2. The second kappa shape index (κ2) is 3.89. The van der Waals surface area contributed by atoms with E-state index in [-0.39, 0.29) is 0 Å². The van der Waals surface area contributed by atoms with Crippen molar-refractivity contribution in [3.05, 3.63) is 18.0 Å². The van der Waals surface area contributed by atoms with Gasteiger partial charge in [-0.3, -0.25) is 5.10 Å². The number of hydrogen-bond acceptors (Lipinski definition) is 3. The van der Waals surface area contributed by atoms with Crippen LogP contribution in [-0.4, -0.2) is 29.5 Å². The molecular weight excluding hydrogens is 166 g/mol. The molecule has 4 heteroatoms. The molecule has 0 amide bonds. The normalized spacial score (nSPS) is 24.8. The van der Waals surface area contributed by atoms with Gasteiger partial charge in [-0.1, -0.05) is 0 Å². The predicted molar refractivity (Wildman–Crippen MR) is 49.4 cm³/mol. The summed E-state index contributed by atoms with van der Waals surface area (Å²) < 4.78 is 5.29. The molecule has 0 spiro atoms. The molecule has 2 atom stereocenters. The maximum atomic E-state index is 5.29. The first-order valence-electron chi connectivity index (χ1n) is 4.69. The van der Waals surface area contributed by atoms with Gasteiger partial charge in [-0.25, -0.2) is 0 Å². The summed E-state index contributed by atoms with van der Waals surface area (Å²) in [7, 11) is 0. The molecule has 0 saturated carbocycles. The smallest absolute Gasteiger partial charge is 0.0620 e. The van der Waals surface area contributed by atoms with Gasteiger partial charge in [0, 0.05) is 30.5 Å². The van der Waals surface area contributed by atoms with Crippen LogP contribution in [0.4, 0.5) is 0 Å². The van der Waals surface area contributed by atoms with E-state index in [4.69, 9.17) is 4.74 Å². The first-order chi connectivity index (χ1) is 6.36. The quantitative estimate of drug-likeness (QED) is 0.726. The van der Waals surface area contributed by atoms with Gasteiger partial charge in [0.1, 0.15) is 0 Å². The van der Waals surface area contributed by atoms with Crippen molar-refractivity contribution >= 4 is 0 Å². The van der Waals surface area contributed by atoms with E-state index in [2.05, 4.69) is 22.4 Å². The van der Waals surface area contributed by atoms with Crippen molar-refractivity contribution < 1.29 is 4.74 Å². The number of aromatic amines is 1. The minimum absolute atomic E-state index is 0.352. The number of ether oxygens (including phenoxy) is 1. The Balaban J connectivity index is 1.87. The standard InChI is InChI=1S/C9H15N3O/c1-7(8-4-10-11-5-8)12-9-2-3-13-6-9/h4-5,7,9,12H,2-3,6H2,1H3,(H,10,11). The van der Waals surface area contributed by atoms with Gasteiger partial charge >= 0.3 is 0 Å². The molecule has 0 aliphatic carbocycles. The minimum Gasteiger partial charge on any atom is -0.380 e. The monoisotopic (exact) mass is 181 g/mol. The molecule has 13 heavy (non-hydrogen) atoms. The SMILES string of the molecule is CC(NC1CCOC1)c1cn[nH]c1. The summed E-state index contributed by atoms with van der Waals surface area (Å²) >= 11 is 0. The Kier molecular flexibility index (Phi) is 2.61. The first kappa shape index (κ1) is 8.72. The van der Waals surface area contributed by atoms with Crippen molar-refractivity contribution in [3.63, 3.8) is 0 Å². The van der Waals surface area contributed by atoms with Crippen molar-refractivity contribution in [1.82, 2.24) is 15.5 Å². The summed E-state index contributed by atoms with van der Waals surface area (Å²) in [5.74, 6) is 0. The van der Waals surface area contributed by atoms with Gasteiger partial charge in [0.15, 0.2) is 0 Å². The minimum atomic E-state index is 0.352. The van der Waals surface area contributed by atoms with Crippen molar-refractivity contribution in [3.8, 4) is 0 Å². The molecule has 2 heterocycles. The highest BCUT2D eigenvalue weighted by Gasteiger charge is 2.18. The van der Waals surface area contributed by atoms with Crippen LogP contribution in [0.15, 0.2) is 12.4 Å². The summed E-state index contributed by atoms with van der Waals surface area (Å²) in [4.78, 5) is 0. The van der Waals surface area contributed by atoms with Crippen LogP contribution in [0, 0.1) is 0 Å². The molecular formula is C9H15N3O. The summed E-state index contributed by atoms with van der Waals surface area (Å²) in [5, 5.41) is 10.2. The fourth-order valence-corrected chi connectivity index (χ4v) is 1.61. The zero-order valence-corrected chi connectivity index (χ0v) is 7.79. The maximum absolute atomic E-state index is 5.29. The molecule has 1 aromatic rings. The van der Waals surface area contributed by atoms with Crippen LogP contribution in [0.1, 0.15) is 24.9 Å². The Labute approximate surface area is 77.7 Å². The highest BCUT2D eigenvalue weighted by Crippen LogP contribution is 2.13. The molecule has 1 aliphatic rings. The fraction of sp³-hybridized carbons (Fsp3) is 0.667. The van der Waals surface area contributed by atoms with Crippen LogP contribution in [0.25, 0.3) is 0 Å². The first-order valence-corrected chi connectivity index (χ1v) is 4.69. The molecule has 2 N–H and O–H groups in total. The van der Waals surface area contributed by atoms with E-state index >= 15 is 0 Å². The van der Waals surface area contributed by atoms with Gasteiger partial charge in [0.25, 0.3) is 0 Å². The van der Waals surface area contributed by atoms with Crippen LogP contribution < -0.4 is 5.32 Å². The van der Waals surface area contributed by atoms with Crippen molar-refractivity contribution in [1.29, 1.82) is 0 Å². The number of hydrogen-bond donors (Lipinski definition) is 2. The molecule has 1 aromatic heterocycles. The van der Waals surface area contributed by atoms with Gasteiger partial charge in [-0.15, -0.1) is 0 Å². The van der Waals surface area contributed by atoms with E-state index in [0.717, 1.165) is 19.6 Å². The van der Waals surface area contributed by atoms with E-state index in [9.17, 15) is 0 Å². The van der Waals surface area contributed by atoms with E-state index < -0.39 is 0 Å². The number of H-pyrrole nitrogens is 1. The van der Waals surface area contributed by atoms with Gasteiger partial charge in [-0.05, 0) is 13.3 Å². The third-order valence-corrected chi connectivity index (χ3v) is 2.43. The highest BCUT2D eigenvalue weighted by atomic mass is 16.5. The Morgan fingerprint density at radius 1 is 1.77 bits per heavy atom. The molecule has 0 aromatic carbocycles. The number of nitrogens with one attached hydrogen (secondary N) is 2. The lowest BCUT2D eigenvalue weighted by Crippen LogP contribution is -2.31. The molecule has 72 valence electrons. The summed E-state index contributed by atoms with van der Waals surface area (Å²) in [6, 6.07) is 0.857. The molecule has 1 saturated heterocycles. The Morgan fingerprint density at radius 3 is 3.31 bits per heavy atom. The van der Waals surface area contributed by atoms with Crippen molar-refractivity contribution in [2.75, 3.05) is 13.2 Å². The Hall–Kier alpha value is -0.870. The summed E-state index contributed by atoms with van der Waals surface area (Å²) in [6.45, 7) is 3.86. The number of nitrogens with zero attached hydrogens (tertiary/aromatic N) is 1. The Bertz CT molecular complexity index is 241. The number of rotatable bonds is 3. The zero-order valence-electron chi connectivity index (χ0n) is 7.79. The molecule has 2 unspecified atom stereocenters. The predicted octanol–water partition coefficient (Wildman–Crippen LogP) is 0.849. The van der Waals surface area contributed by atoms with E-state index in [1.54, 1.807) is 0 Å². The van der Waals surface area contributed by atoms with Crippen LogP contribution in [0.2, 0.25) is 0 Å². The third-order valence-electron chi connectivity index (χ3n) is 2.43. The van der Waals surface area contributed by atoms with Crippen LogP contribution in [0.3, 0.4) is 0 Å². The maximum Gasteiger partial charge on any atom is 0.0620 e. The molecule has 1 fully saturated rings. The third kappa shape index (κ3) is 2.08. The topological polar surface area (TPSA) is 49.9 Å². The van der Waals surface area contributed by atoms with E-state index in [0.29, 0.717) is 12.1 Å². The van der Waals surface area contributed by atoms with Crippen LogP contribution in [-0.2, 0) is 4.74 Å². The summed E-state index contributed by atoms with van der Waals surface area (Å²) in [6.07, 6.45) is 4.89. The van der Waals surface area contributed by atoms with E-state index in [1.807, 2.05) is 12.4 Å². The molecule has 0 bridgehead atoms. The van der Waals surface area contributed by atoms with E-state index in [1.165, 1.54) is 5.56 Å². The Morgan fingerprint density at radius 2 is 2.69 bits per heavy atom. The largest absolute Gasteiger partial charge is 0.380 e. The lowest BCUT2D eigenvalue weighted by molar-refractivity contribution is 0.188. The zero-order chi connectivity index (χ0) is 9.10. The average Bonchev–Trinajstić information content (AvgIpc) is 2.74. The highest BCUT2D eigenvalue weighted by molar-refractivity contribution is 5.08. The molecule has 4 nitrogen and oxygen atoms in total.